The molecule has 1 saturated heterocycles. The zero-order valence-corrected chi connectivity index (χ0v) is 21.5. The van der Waals surface area contributed by atoms with Gasteiger partial charge in [0, 0.05) is 28.8 Å². The Balaban J connectivity index is 1.33. The van der Waals surface area contributed by atoms with Crippen LogP contribution in [0.5, 0.6) is 5.75 Å². The van der Waals surface area contributed by atoms with Gasteiger partial charge in [-0.1, -0.05) is 46.3 Å². The smallest absolute Gasteiger partial charge is 0.250 e. The van der Waals surface area contributed by atoms with Gasteiger partial charge in [0.25, 0.3) is 0 Å². The molecule has 0 unspecified atom stereocenters. The van der Waals surface area contributed by atoms with Gasteiger partial charge in [0.05, 0.1) is 6.21 Å². The minimum absolute atomic E-state index is 0.278. The molecule has 5 rings (SSSR count). The Morgan fingerprint density at radius 3 is 2.49 bits per heavy atom. The van der Waals surface area contributed by atoms with E-state index >= 15 is 0 Å². The Hall–Kier alpha value is -4.05. The lowest BCUT2D eigenvalue weighted by Gasteiger charge is -2.16. The van der Waals surface area contributed by atoms with Crippen LogP contribution >= 0.6 is 15.9 Å². The summed E-state index contributed by atoms with van der Waals surface area (Å²) in [5, 5.41) is 7.61. The number of para-hydroxylation sites is 1. The number of nitrogens with one attached hydrogen (secondary N) is 2. The van der Waals surface area contributed by atoms with E-state index in [-0.39, 0.29) is 5.82 Å². The summed E-state index contributed by atoms with van der Waals surface area (Å²) >= 11 is 3.50. The number of benzene rings is 3. The van der Waals surface area contributed by atoms with Crippen LogP contribution < -0.4 is 20.4 Å². The Morgan fingerprint density at radius 2 is 1.70 bits per heavy atom. The molecule has 188 valence electrons. The molecule has 2 N–H and O–H groups in total. The maximum Gasteiger partial charge on any atom is 0.250 e. The molecule has 3 aromatic carbocycles. The molecule has 37 heavy (non-hydrogen) atoms. The summed E-state index contributed by atoms with van der Waals surface area (Å²) in [6, 6.07) is 21.6. The lowest BCUT2D eigenvalue weighted by molar-refractivity contribution is 0.305. The highest BCUT2D eigenvalue weighted by atomic mass is 79.9. The second kappa shape index (κ2) is 11.8. The zero-order valence-electron chi connectivity index (χ0n) is 19.9. The monoisotopic (exact) mass is 561 g/mol. The van der Waals surface area contributed by atoms with E-state index in [4.69, 9.17) is 4.74 Å². The van der Waals surface area contributed by atoms with Gasteiger partial charge in [-0.3, -0.25) is 0 Å². The first kappa shape index (κ1) is 24.6. The Bertz CT molecular complexity index is 1360. The number of hydrogen-bond donors (Lipinski definition) is 2. The first-order valence-corrected chi connectivity index (χ1v) is 12.7. The van der Waals surface area contributed by atoms with Gasteiger partial charge in [-0.25, -0.2) is 9.82 Å². The maximum absolute atomic E-state index is 13.2. The topological polar surface area (TPSA) is 87.6 Å². The van der Waals surface area contributed by atoms with Crippen molar-refractivity contribution in [3.63, 3.8) is 0 Å². The molecule has 8 nitrogen and oxygen atoms in total. The number of ether oxygens (including phenoxy) is 1. The second-order valence-electron chi connectivity index (χ2n) is 8.44. The molecule has 0 atom stereocenters. The fraction of sp³-hybridized carbons (Fsp3) is 0.185. The van der Waals surface area contributed by atoms with E-state index in [9.17, 15) is 4.39 Å². The molecule has 0 aliphatic carbocycles. The molecule has 0 radical (unpaired) electrons. The molecule has 0 saturated carbocycles. The molecule has 0 amide bonds. The normalized spacial score (nSPS) is 13.2. The van der Waals surface area contributed by atoms with Crippen LogP contribution in [0, 0.1) is 5.82 Å². The van der Waals surface area contributed by atoms with Crippen LogP contribution in [0.15, 0.2) is 82.4 Å². The van der Waals surface area contributed by atoms with Crippen LogP contribution in [0.4, 0.5) is 27.9 Å². The number of aromatic nitrogens is 3. The van der Waals surface area contributed by atoms with Gasteiger partial charge >= 0.3 is 0 Å². The quantitative estimate of drug-likeness (QED) is 0.187. The number of anilines is 4. The zero-order chi connectivity index (χ0) is 25.5. The van der Waals surface area contributed by atoms with Gasteiger partial charge in [-0.15, -0.1) is 0 Å². The summed E-state index contributed by atoms with van der Waals surface area (Å²) in [6.07, 6.45) is 3.86. The van der Waals surface area contributed by atoms with Crippen molar-refractivity contribution >= 4 is 45.7 Å². The van der Waals surface area contributed by atoms with E-state index in [1.54, 1.807) is 18.3 Å². The highest BCUT2D eigenvalue weighted by Gasteiger charge is 2.17. The molecule has 1 aliphatic rings. The Morgan fingerprint density at radius 1 is 0.946 bits per heavy atom. The minimum Gasteiger partial charge on any atom is -0.488 e. The summed E-state index contributed by atoms with van der Waals surface area (Å²) in [7, 11) is 0. The summed E-state index contributed by atoms with van der Waals surface area (Å²) in [5.41, 5.74) is 5.43. The van der Waals surface area contributed by atoms with Gasteiger partial charge in [-0.05, 0) is 60.9 Å². The number of hydrogen-bond acceptors (Lipinski definition) is 8. The Labute approximate surface area is 222 Å². The maximum atomic E-state index is 13.2. The third-order valence-electron chi connectivity index (χ3n) is 5.69. The lowest BCUT2D eigenvalue weighted by Crippen LogP contribution is -2.21. The van der Waals surface area contributed by atoms with Crippen LogP contribution in [0.25, 0.3) is 0 Å². The third kappa shape index (κ3) is 6.79. The number of hydrazone groups is 1. The molecule has 0 spiro atoms. The molecule has 4 aromatic rings. The predicted octanol–water partition coefficient (Wildman–Crippen LogP) is 6.14. The van der Waals surface area contributed by atoms with Crippen molar-refractivity contribution in [1.29, 1.82) is 0 Å². The second-order valence-corrected chi connectivity index (χ2v) is 9.35. The standard InChI is InChI=1S/C27H25BrFN7O/c28-21-10-13-24(37-18-19-8-11-22(29)12-9-19)20(16-21)17-30-35-26-32-25(31-23-6-2-1-3-7-23)33-27(34-26)36-14-4-5-15-36/h1-3,6-13,16-17H,4-5,14-15,18H2,(H2,31,32,33,34,35)/b30-17+. The SMILES string of the molecule is Fc1ccc(COc2ccc(Br)cc2/C=N/Nc2nc(Nc3ccccc3)nc(N3CCCC3)n2)cc1. The summed E-state index contributed by atoms with van der Waals surface area (Å²) < 4.78 is 20.0. The van der Waals surface area contributed by atoms with Crippen LogP contribution in [-0.4, -0.2) is 34.3 Å². The summed E-state index contributed by atoms with van der Waals surface area (Å²) in [6.45, 7) is 2.12. The molecule has 0 bridgehead atoms. The van der Waals surface area contributed by atoms with Crippen molar-refractivity contribution in [1.82, 2.24) is 15.0 Å². The van der Waals surface area contributed by atoms with Crippen molar-refractivity contribution < 1.29 is 9.13 Å². The average Bonchev–Trinajstić information content (AvgIpc) is 3.45. The van der Waals surface area contributed by atoms with Crippen LogP contribution in [0.3, 0.4) is 0 Å². The van der Waals surface area contributed by atoms with Crippen molar-refractivity contribution in [3.05, 3.63) is 94.2 Å². The van der Waals surface area contributed by atoms with Crippen molar-refractivity contribution in [3.8, 4) is 5.75 Å². The van der Waals surface area contributed by atoms with Gasteiger partial charge in [0.1, 0.15) is 18.2 Å². The number of halogens is 2. The van der Waals surface area contributed by atoms with Crippen molar-refractivity contribution in [2.75, 3.05) is 28.7 Å². The van der Waals surface area contributed by atoms with Crippen LogP contribution in [-0.2, 0) is 6.61 Å². The lowest BCUT2D eigenvalue weighted by atomic mass is 10.2. The number of nitrogens with zero attached hydrogens (tertiary/aromatic N) is 5. The average molecular weight is 562 g/mol. The van der Waals surface area contributed by atoms with Gasteiger partial charge < -0.3 is 15.0 Å². The third-order valence-corrected chi connectivity index (χ3v) is 6.18. The van der Waals surface area contributed by atoms with Gasteiger partial charge in [0.15, 0.2) is 0 Å². The van der Waals surface area contributed by atoms with E-state index < -0.39 is 0 Å². The fourth-order valence-corrected chi connectivity index (χ4v) is 4.21. The molecule has 1 aliphatic heterocycles. The van der Waals surface area contributed by atoms with Crippen molar-refractivity contribution in [2.24, 2.45) is 5.10 Å². The van der Waals surface area contributed by atoms with E-state index in [1.165, 1.54) is 12.1 Å². The molecule has 1 fully saturated rings. The predicted molar refractivity (Wildman–Crippen MR) is 147 cm³/mol. The summed E-state index contributed by atoms with van der Waals surface area (Å²) in [5.74, 6) is 1.73. The minimum atomic E-state index is -0.278. The van der Waals surface area contributed by atoms with E-state index in [2.05, 4.69) is 51.6 Å². The van der Waals surface area contributed by atoms with Gasteiger partial charge in [0.2, 0.25) is 17.8 Å². The van der Waals surface area contributed by atoms with E-state index in [0.717, 1.165) is 47.2 Å². The van der Waals surface area contributed by atoms with E-state index in [0.29, 0.717) is 30.2 Å². The summed E-state index contributed by atoms with van der Waals surface area (Å²) in [4.78, 5) is 15.8. The largest absolute Gasteiger partial charge is 0.488 e. The van der Waals surface area contributed by atoms with E-state index in [1.807, 2.05) is 48.5 Å². The highest BCUT2D eigenvalue weighted by molar-refractivity contribution is 9.10. The van der Waals surface area contributed by atoms with Gasteiger partial charge in [-0.2, -0.15) is 20.1 Å². The molecule has 1 aromatic heterocycles. The molecular formula is C27H25BrFN7O. The number of rotatable bonds is 9. The van der Waals surface area contributed by atoms with Crippen LogP contribution in [0.2, 0.25) is 0 Å². The first-order chi connectivity index (χ1) is 18.1. The molecule has 10 heteroatoms. The highest BCUT2D eigenvalue weighted by Crippen LogP contribution is 2.24. The van der Waals surface area contributed by atoms with Crippen molar-refractivity contribution in [2.45, 2.75) is 19.4 Å². The fourth-order valence-electron chi connectivity index (χ4n) is 3.83. The van der Waals surface area contributed by atoms with Crippen LogP contribution in [0.1, 0.15) is 24.0 Å². The molecule has 2 heterocycles. The molecular weight excluding hydrogens is 537 g/mol. The first-order valence-electron chi connectivity index (χ1n) is 11.9. The Kier molecular flexibility index (Phi) is 7.85.